The van der Waals surface area contributed by atoms with Gasteiger partial charge >= 0.3 is 5.97 Å². The molecule has 0 amide bonds. The largest absolute Gasteiger partial charge is 0.489 e. The minimum atomic E-state index is -0.883. The molecule has 3 aromatic carbocycles. The number of methoxy groups -OCH3 is 1. The molecule has 3 aromatic rings. The summed E-state index contributed by atoms with van der Waals surface area (Å²) in [6, 6.07) is 21.9. The van der Waals surface area contributed by atoms with Crippen LogP contribution in [0.3, 0.4) is 0 Å². The number of carboxylic acid groups (broad SMARTS) is 1. The SMILES string of the molecule is CCCC(N)c1cccc(-c2cc(COC)cc(COc3ccccc3CC(=O)O)c2)c1. The third kappa shape index (κ3) is 6.42. The molecule has 3 N–H and O–H groups in total. The smallest absolute Gasteiger partial charge is 0.307 e. The van der Waals surface area contributed by atoms with Crippen molar-refractivity contribution in [2.24, 2.45) is 5.73 Å². The molecule has 0 aliphatic heterocycles. The molecule has 0 aromatic heterocycles. The van der Waals surface area contributed by atoms with Crippen LogP contribution in [0, 0.1) is 0 Å². The van der Waals surface area contributed by atoms with Crippen LogP contribution in [0.4, 0.5) is 0 Å². The first kappa shape index (κ1) is 23.5. The van der Waals surface area contributed by atoms with Crippen molar-refractivity contribution in [3.05, 3.63) is 89.0 Å². The zero-order valence-corrected chi connectivity index (χ0v) is 18.7. The van der Waals surface area contributed by atoms with Crippen molar-refractivity contribution in [3.63, 3.8) is 0 Å². The monoisotopic (exact) mass is 433 g/mol. The molecule has 3 rings (SSSR count). The summed E-state index contributed by atoms with van der Waals surface area (Å²) in [7, 11) is 1.68. The van der Waals surface area contributed by atoms with E-state index in [0.29, 0.717) is 24.5 Å². The van der Waals surface area contributed by atoms with E-state index in [2.05, 4.69) is 43.3 Å². The lowest BCUT2D eigenvalue weighted by atomic mass is 9.95. The van der Waals surface area contributed by atoms with E-state index in [0.717, 1.165) is 40.7 Å². The molecule has 0 bridgehead atoms. The molecule has 168 valence electrons. The molecule has 0 fully saturated rings. The lowest BCUT2D eigenvalue weighted by Gasteiger charge is -2.15. The number of carboxylic acids is 1. The molecule has 0 saturated heterocycles. The Bertz CT molecular complexity index is 1050. The molecular weight excluding hydrogens is 402 g/mol. The van der Waals surface area contributed by atoms with E-state index in [1.807, 2.05) is 18.2 Å². The fourth-order valence-corrected chi connectivity index (χ4v) is 3.80. The lowest BCUT2D eigenvalue weighted by Crippen LogP contribution is -2.09. The predicted molar refractivity (Wildman–Crippen MR) is 127 cm³/mol. The van der Waals surface area contributed by atoms with Crippen LogP contribution in [0.25, 0.3) is 11.1 Å². The third-order valence-electron chi connectivity index (χ3n) is 5.32. The summed E-state index contributed by atoms with van der Waals surface area (Å²) in [5.41, 5.74) is 12.3. The van der Waals surface area contributed by atoms with Crippen LogP contribution in [-0.4, -0.2) is 18.2 Å². The second-order valence-corrected chi connectivity index (χ2v) is 7.96. The summed E-state index contributed by atoms with van der Waals surface area (Å²) in [6.07, 6.45) is 1.91. The maximum absolute atomic E-state index is 11.2. The molecule has 5 nitrogen and oxygen atoms in total. The van der Waals surface area contributed by atoms with Gasteiger partial charge in [-0.05, 0) is 58.5 Å². The summed E-state index contributed by atoms with van der Waals surface area (Å²) in [6.45, 7) is 2.96. The molecule has 0 aliphatic rings. The second kappa shape index (κ2) is 11.5. The average molecular weight is 434 g/mol. The van der Waals surface area contributed by atoms with Crippen molar-refractivity contribution in [1.29, 1.82) is 0 Å². The van der Waals surface area contributed by atoms with Crippen molar-refractivity contribution in [1.82, 2.24) is 0 Å². The number of para-hydroxylation sites is 1. The van der Waals surface area contributed by atoms with Gasteiger partial charge in [0.05, 0.1) is 13.0 Å². The van der Waals surface area contributed by atoms with Crippen molar-refractivity contribution < 1.29 is 19.4 Å². The number of ether oxygens (including phenoxy) is 2. The van der Waals surface area contributed by atoms with Crippen LogP contribution in [-0.2, 0) is 29.2 Å². The molecular formula is C27H31NO4. The first-order valence-corrected chi connectivity index (χ1v) is 10.9. The molecule has 0 spiro atoms. The quantitative estimate of drug-likeness (QED) is 0.417. The zero-order chi connectivity index (χ0) is 22.9. The van der Waals surface area contributed by atoms with Crippen LogP contribution in [0.1, 0.15) is 48.1 Å². The highest BCUT2D eigenvalue weighted by Gasteiger charge is 2.11. The van der Waals surface area contributed by atoms with E-state index < -0.39 is 5.97 Å². The van der Waals surface area contributed by atoms with Crippen molar-refractivity contribution in [2.45, 2.75) is 45.4 Å². The summed E-state index contributed by atoms with van der Waals surface area (Å²) in [5.74, 6) is -0.298. The molecule has 32 heavy (non-hydrogen) atoms. The van der Waals surface area contributed by atoms with Gasteiger partial charge < -0.3 is 20.3 Å². The fourth-order valence-electron chi connectivity index (χ4n) is 3.80. The van der Waals surface area contributed by atoms with Crippen LogP contribution >= 0.6 is 0 Å². The minimum Gasteiger partial charge on any atom is -0.489 e. The summed E-state index contributed by atoms with van der Waals surface area (Å²) in [5, 5.41) is 9.15. The Morgan fingerprint density at radius 3 is 2.44 bits per heavy atom. The normalized spacial score (nSPS) is 11.8. The van der Waals surface area contributed by atoms with E-state index >= 15 is 0 Å². The van der Waals surface area contributed by atoms with E-state index in [4.69, 9.17) is 20.3 Å². The van der Waals surface area contributed by atoms with Crippen molar-refractivity contribution in [2.75, 3.05) is 7.11 Å². The Morgan fingerprint density at radius 1 is 0.969 bits per heavy atom. The van der Waals surface area contributed by atoms with Gasteiger partial charge in [-0.3, -0.25) is 4.79 Å². The topological polar surface area (TPSA) is 81.8 Å². The van der Waals surface area contributed by atoms with Gasteiger partial charge in [-0.1, -0.05) is 55.8 Å². The first-order chi connectivity index (χ1) is 15.5. The number of carbonyl (C=O) groups is 1. The van der Waals surface area contributed by atoms with Crippen molar-refractivity contribution >= 4 is 5.97 Å². The van der Waals surface area contributed by atoms with Crippen LogP contribution in [0.5, 0.6) is 5.75 Å². The summed E-state index contributed by atoms with van der Waals surface area (Å²) >= 11 is 0. The van der Waals surface area contributed by atoms with Gasteiger partial charge in [-0.15, -0.1) is 0 Å². The maximum Gasteiger partial charge on any atom is 0.307 e. The molecule has 0 saturated carbocycles. The highest BCUT2D eigenvalue weighted by molar-refractivity contribution is 5.71. The van der Waals surface area contributed by atoms with E-state index in [1.54, 1.807) is 19.2 Å². The Balaban J connectivity index is 1.88. The molecule has 1 atom stereocenters. The lowest BCUT2D eigenvalue weighted by molar-refractivity contribution is -0.136. The van der Waals surface area contributed by atoms with Crippen LogP contribution in [0.15, 0.2) is 66.7 Å². The Hall–Kier alpha value is -3.15. The number of nitrogens with two attached hydrogens (primary N) is 1. The molecule has 1 unspecified atom stereocenters. The Morgan fingerprint density at radius 2 is 1.72 bits per heavy atom. The fraction of sp³-hybridized carbons (Fsp3) is 0.296. The molecule has 5 heteroatoms. The third-order valence-corrected chi connectivity index (χ3v) is 5.32. The van der Waals surface area contributed by atoms with Gasteiger partial charge in [0.2, 0.25) is 0 Å². The number of hydrogen-bond acceptors (Lipinski definition) is 4. The van der Waals surface area contributed by atoms with Gasteiger partial charge in [0.1, 0.15) is 12.4 Å². The number of aliphatic carboxylic acids is 1. The van der Waals surface area contributed by atoms with Gasteiger partial charge in [0.15, 0.2) is 0 Å². The highest BCUT2D eigenvalue weighted by atomic mass is 16.5. The van der Waals surface area contributed by atoms with Gasteiger partial charge in [-0.25, -0.2) is 0 Å². The molecule has 0 heterocycles. The average Bonchev–Trinajstić information content (AvgIpc) is 2.78. The predicted octanol–water partition coefficient (Wildman–Crippen LogP) is 5.51. The van der Waals surface area contributed by atoms with Gasteiger partial charge in [0.25, 0.3) is 0 Å². The zero-order valence-electron chi connectivity index (χ0n) is 18.7. The Kier molecular flexibility index (Phi) is 8.42. The van der Waals surface area contributed by atoms with Crippen LogP contribution < -0.4 is 10.5 Å². The van der Waals surface area contributed by atoms with Crippen molar-refractivity contribution in [3.8, 4) is 16.9 Å². The summed E-state index contributed by atoms with van der Waals surface area (Å²) < 4.78 is 11.4. The Labute approximate surface area is 189 Å². The molecule has 0 radical (unpaired) electrons. The van der Waals surface area contributed by atoms with Gasteiger partial charge in [0, 0.05) is 18.7 Å². The second-order valence-electron chi connectivity index (χ2n) is 7.96. The standard InChI is InChI=1S/C27H31NO4/c1-3-7-25(28)22-10-6-9-21(15-22)24-13-19(17-31-2)12-20(14-24)18-32-26-11-5-4-8-23(26)16-27(29)30/h4-6,8-15,25H,3,7,16-18,28H2,1-2H3,(H,29,30). The van der Waals surface area contributed by atoms with E-state index in [9.17, 15) is 4.79 Å². The number of hydrogen-bond donors (Lipinski definition) is 2. The first-order valence-electron chi connectivity index (χ1n) is 10.9. The minimum absolute atomic E-state index is 0.0237. The number of benzene rings is 3. The summed E-state index contributed by atoms with van der Waals surface area (Å²) in [4.78, 5) is 11.2. The highest BCUT2D eigenvalue weighted by Crippen LogP contribution is 2.28. The van der Waals surface area contributed by atoms with Crippen LogP contribution in [0.2, 0.25) is 0 Å². The van der Waals surface area contributed by atoms with Gasteiger partial charge in [-0.2, -0.15) is 0 Å². The van der Waals surface area contributed by atoms with E-state index in [1.165, 1.54) is 0 Å². The maximum atomic E-state index is 11.2. The van der Waals surface area contributed by atoms with E-state index in [-0.39, 0.29) is 12.5 Å². The number of rotatable bonds is 11. The molecule has 0 aliphatic carbocycles.